The number of rotatable bonds is 6. The Morgan fingerprint density at radius 1 is 0.906 bits per heavy atom. The molecule has 32 heavy (non-hydrogen) atoms. The molecule has 1 atom stereocenters. The van der Waals surface area contributed by atoms with Crippen molar-refractivity contribution >= 4 is 5.69 Å². The molecule has 4 rings (SSSR count). The average molecular weight is 434 g/mol. The molecule has 1 aliphatic heterocycles. The van der Waals surface area contributed by atoms with Gasteiger partial charge in [-0.3, -0.25) is 9.80 Å². The van der Waals surface area contributed by atoms with Gasteiger partial charge in [-0.1, -0.05) is 42.5 Å². The first-order valence-electron chi connectivity index (χ1n) is 11.4. The molecule has 170 valence electrons. The van der Waals surface area contributed by atoms with Crippen LogP contribution in [-0.4, -0.2) is 70.3 Å². The lowest BCUT2D eigenvalue weighted by Gasteiger charge is -2.39. The average Bonchev–Trinajstić information content (AvgIpc) is 3.26. The molecule has 7 nitrogen and oxygen atoms in total. The second-order valence-electron chi connectivity index (χ2n) is 9.81. The van der Waals surface area contributed by atoms with Gasteiger partial charge in [-0.05, 0) is 54.5 Å². The fourth-order valence-electron chi connectivity index (χ4n) is 4.34. The van der Waals surface area contributed by atoms with Crippen molar-refractivity contribution in [2.75, 3.05) is 45.2 Å². The smallest absolute Gasteiger partial charge is 0.173 e. The Bertz CT molecular complexity index is 981. The summed E-state index contributed by atoms with van der Waals surface area (Å²) in [5, 5.41) is 12.9. The lowest BCUT2D eigenvalue weighted by atomic mass is 10.0. The summed E-state index contributed by atoms with van der Waals surface area (Å²) in [7, 11) is 4.14. The van der Waals surface area contributed by atoms with E-state index in [-0.39, 0.29) is 11.6 Å². The largest absolute Gasteiger partial charge is 0.378 e. The summed E-state index contributed by atoms with van der Waals surface area (Å²) in [5.74, 6) is 0.909. The summed E-state index contributed by atoms with van der Waals surface area (Å²) in [6, 6.07) is 19.6. The molecule has 3 aromatic rings. The number of piperazine rings is 1. The number of hydrogen-bond donors (Lipinski definition) is 0. The van der Waals surface area contributed by atoms with Gasteiger partial charge in [-0.15, -0.1) is 5.10 Å². The second kappa shape index (κ2) is 9.38. The molecular formula is C25H35N7. The zero-order valence-corrected chi connectivity index (χ0v) is 19.9. The highest BCUT2D eigenvalue weighted by molar-refractivity contribution is 5.47. The van der Waals surface area contributed by atoms with Crippen LogP contribution in [0.5, 0.6) is 0 Å². The van der Waals surface area contributed by atoms with Crippen molar-refractivity contribution in [2.45, 2.75) is 38.9 Å². The molecule has 2 aromatic carbocycles. The van der Waals surface area contributed by atoms with Crippen LogP contribution in [0.15, 0.2) is 54.6 Å². The molecule has 0 spiro atoms. The van der Waals surface area contributed by atoms with Crippen LogP contribution in [0.1, 0.15) is 43.8 Å². The zero-order chi connectivity index (χ0) is 22.7. The molecule has 0 saturated carbocycles. The number of anilines is 1. The summed E-state index contributed by atoms with van der Waals surface area (Å²) >= 11 is 0. The SMILES string of the molecule is CN(C)c1ccc([C@H](c2nnnn2C(C)(C)C)N2CCN(Cc3ccccc3)CC2)cc1. The Morgan fingerprint density at radius 2 is 1.56 bits per heavy atom. The van der Waals surface area contributed by atoms with E-state index in [0.29, 0.717) is 0 Å². The minimum Gasteiger partial charge on any atom is -0.378 e. The zero-order valence-electron chi connectivity index (χ0n) is 19.9. The molecular weight excluding hydrogens is 398 g/mol. The lowest BCUT2D eigenvalue weighted by Crippen LogP contribution is -2.48. The summed E-state index contributed by atoms with van der Waals surface area (Å²) in [6.45, 7) is 11.4. The van der Waals surface area contributed by atoms with Gasteiger partial charge in [0.05, 0.1) is 11.6 Å². The maximum atomic E-state index is 4.52. The van der Waals surface area contributed by atoms with Crippen LogP contribution in [0.2, 0.25) is 0 Å². The molecule has 0 bridgehead atoms. The third kappa shape index (κ3) is 5.00. The van der Waals surface area contributed by atoms with Crippen molar-refractivity contribution in [3.63, 3.8) is 0 Å². The van der Waals surface area contributed by atoms with Gasteiger partial charge in [0.2, 0.25) is 0 Å². The van der Waals surface area contributed by atoms with Crippen molar-refractivity contribution in [3.05, 3.63) is 71.5 Å². The van der Waals surface area contributed by atoms with Gasteiger partial charge in [0.1, 0.15) is 0 Å². The molecule has 0 aliphatic carbocycles. The first-order chi connectivity index (χ1) is 15.3. The van der Waals surface area contributed by atoms with Crippen LogP contribution in [0.3, 0.4) is 0 Å². The predicted molar refractivity (Wildman–Crippen MR) is 129 cm³/mol. The van der Waals surface area contributed by atoms with Gasteiger partial charge < -0.3 is 4.90 Å². The molecule has 0 unspecified atom stereocenters. The van der Waals surface area contributed by atoms with Crippen molar-refractivity contribution in [1.29, 1.82) is 0 Å². The Labute approximate surface area is 191 Å². The first kappa shape index (κ1) is 22.4. The minimum absolute atomic E-state index is 0.0271. The van der Waals surface area contributed by atoms with Crippen LogP contribution in [0, 0.1) is 0 Å². The molecule has 1 aromatic heterocycles. The number of nitrogens with zero attached hydrogens (tertiary/aromatic N) is 7. The second-order valence-corrected chi connectivity index (χ2v) is 9.81. The van der Waals surface area contributed by atoms with Crippen molar-refractivity contribution in [3.8, 4) is 0 Å². The van der Waals surface area contributed by atoms with E-state index in [9.17, 15) is 0 Å². The van der Waals surface area contributed by atoms with E-state index in [1.165, 1.54) is 16.8 Å². The van der Waals surface area contributed by atoms with E-state index < -0.39 is 0 Å². The first-order valence-corrected chi connectivity index (χ1v) is 11.4. The summed E-state index contributed by atoms with van der Waals surface area (Å²) in [5.41, 5.74) is 3.60. The van der Waals surface area contributed by atoms with Crippen LogP contribution in [-0.2, 0) is 12.1 Å². The van der Waals surface area contributed by atoms with Gasteiger partial charge in [-0.2, -0.15) is 0 Å². The van der Waals surface area contributed by atoms with Gasteiger partial charge in [0, 0.05) is 52.5 Å². The van der Waals surface area contributed by atoms with E-state index in [4.69, 9.17) is 0 Å². The Kier molecular flexibility index (Phi) is 6.58. The maximum Gasteiger partial charge on any atom is 0.173 e. The third-order valence-electron chi connectivity index (χ3n) is 6.12. The highest BCUT2D eigenvalue weighted by Crippen LogP contribution is 2.31. The van der Waals surface area contributed by atoms with E-state index in [1.807, 2.05) is 4.68 Å². The standard InChI is InChI=1S/C25H35N7/c1-25(2,3)32-24(26-27-28-32)23(21-11-13-22(14-12-21)29(4)5)31-17-15-30(16-18-31)19-20-9-7-6-8-10-20/h6-14,23H,15-19H2,1-5H3/t23-/m1/s1. The van der Waals surface area contributed by atoms with Crippen LogP contribution in [0.25, 0.3) is 0 Å². The normalized spacial score (nSPS) is 16.8. The van der Waals surface area contributed by atoms with Gasteiger partial charge in [0.15, 0.2) is 5.82 Å². The summed E-state index contributed by atoms with van der Waals surface area (Å²) < 4.78 is 1.98. The van der Waals surface area contributed by atoms with E-state index in [0.717, 1.165) is 38.5 Å². The van der Waals surface area contributed by atoms with Crippen LogP contribution >= 0.6 is 0 Å². The summed E-state index contributed by atoms with van der Waals surface area (Å²) in [4.78, 5) is 7.19. The van der Waals surface area contributed by atoms with Crippen molar-refractivity contribution < 1.29 is 0 Å². The highest BCUT2D eigenvalue weighted by atomic mass is 15.6. The highest BCUT2D eigenvalue weighted by Gasteiger charge is 2.33. The molecule has 0 amide bonds. The van der Waals surface area contributed by atoms with Crippen LogP contribution in [0.4, 0.5) is 5.69 Å². The molecule has 0 radical (unpaired) electrons. The van der Waals surface area contributed by atoms with Gasteiger partial charge in [-0.25, -0.2) is 4.68 Å². The van der Waals surface area contributed by atoms with Crippen molar-refractivity contribution in [1.82, 2.24) is 30.0 Å². The molecule has 2 heterocycles. The Balaban J connectivity index is 1.58. The van der Waals surface area contributed by atoms with E-state index in [1.54, 1.807) is 0 Å². The Morgan fingerprint density at radius 3 is 2.16 bits per heavy atom. The number of tetrazole rings is 1. The molecule has 7 heteroatoms. The fourth-order valence-corrected chi connectivity index (χ4v) is 4.34. The fraction of sp³-hybridized carbons (Fsp3) is 0.480. The van der Waals surface area contributed by atoms with Gasteiger partial charge in [0.25, 0.3) is 0 Å². The third-order valence-corrected chi connectivity index (χ3v) is 6.12. The van der Waals surface area contributed by atoms with Gasteiger partial charge >= 0.3 is 0 Å². The minimum atomic E-state index is -0.185. The van der Waals surface area contributed by atoms with Crippen molar-refractivity contribution in [2.24, 2.45) is 0 Å². The molecule has 0 N–H and O–H groups in total. The summed E-state index contributed by atoms with van der Waals surface area (Å²) in [6.07, 6.45) is 0. The number of hydrogen-bond acceptors (Lipinski definition) is 6. The monoisotopic (exact) mass is 433 g/mol. The Hall–Kier alpha value is -2.77. The quantitative estimate of drug-likeness (QED) is 0.594. The van der Waals surface area contributed by atoms with E-state index in [2.05, 4.69) is 120 Å². The topological polar surface area (TPSA) is 53.3 Å². The molecule has 1 saturated heterocycles. The van der Waals surface area contributed by atoms with Crippen LogP contribution < -0.4 is 4.90 Å². The number of benzene rings is 2. The molecule has 1 fully saturated rings. The van der Waals surface area contributed by atoms with E-state index >= 15 is 0 Å². The maximum absolute atomic E-state index is 4.52. The number of aromatic nitrogens is 4. The lowest BCUT2D eigenvalue weighted by molar-refractivity contribution is 0.0979. The molecule has 1 aliphatic rings. The predicted octanol–water partition coefficient (Wildman–Crippen LogP) is 3.40.